The van der Waals surface area contributed by atoms with Crippen LogP contribution in [0.15, 0.2) is 89.9 Å². The lowest BCUT2D eigenvalue weighted by Gasteiger charge is -2.18. The summed E-state index contributed by atoms with van der Waals surface area (Å²) in [6.07, 6.45) is 1.74. The maximum atomic E-state index is 12.3. The van der Waals surface area contributed by atoms with Crippen molar-refractivity contribution in [1.82, 2.24) is 9.38 Å². The molecule has 0 aliphatic rings. The molecule has 4 aromatic rings. The number of rotatable bonds is 5. The molecule has 0 saturated carbocycles. The normalized spacial score (nSPS) is 12.2. The van der Waals surface area contributed by atoms with Crippen molar-refractivity contribution in [3.8, 4) is 0 Å². The number of nitrogens with zero attached hydrogens (tertiary/aromatic N) is 2. The van der Waals surface area contributed by atoms with Crippen LogP contribution in [0, 0.1) is 0 Å². The summed E-state index contributed by atoms with van der Waals surface area (Å²) < 4.78 is 1.56. The summed E-state index contributed by atoms with van der Waals surface area (Å²) in [5.41, 5.74) is 3.78. The van der Waals surface area contributed by atoms with Gasteiger partial charge in [-0.15, -0.1) is 11.8 Å². The minimum Gasteiger partial charge on any atom is -0.269 e. The van der Waals surface area contributed by atoms with Crippen molar-refractivity contribution in [1.29, 1.82) is 0 Å². The fraction of sp³-hybridized carbons (Fsp3) is 0.0909. The van der Waals surface area contributed by atoms with Crippen molar-refractivity contribution in [2.75, 3.05) is 0 Å². The maximum absolute atomic E-state index is 12.3. The number of benzene rings is 2. The molecule has 134 valence electrons. The number of halogens is 1. The number of hydrogen-bond acceptors (Lipinski definition) is 3. The lowest BCUT2D eigenvalue weighted by atomic mass is 10.0. The highest BCUT2D eigenvalue weighted by atomic mass is 35.5. The van der Waals surface area contributed by atoms with Gasteiger partial charge < -0.3 is 0 Å². The van der Waals surface area contributed by atoms with Gasteiger partial charge in [0.15, 0.2) is 0 Å². The Hall–Kier alpha value is -2.56. The highest BCUT2D eigenvalue weighted by Crippen LogP contribution is 2.37. The lowest BCUT2D eigenvalue weighted by molar-refractivity contribution is 1.01. The van der Waals surface area contributed by atoms with Gasteiger partial charge in [-0.05, 0) is 35.4 Å². The van der Waals surface area contributed by atoms with Crippen LogP contribution in [0.3, 0.4) is 0 Å². The molecular formula is C22H17ClN2OS. The molecule has 0 spiro atoms. The summed E-state index contributed by atoms with van der Waals surface area (Å²) in [7, 11) is 0. The number of hydrogen-bond donors (Lipinski definition) is 0. The van der Waals surface area contributed by atoms with Gasteiger partial charge in [0.25, 0.3) is 5.56 Å². The quantitative estimate of drug-likeness (QED) is 0.458. The van der Waals surface area contributed by atoms with Crippen LogP contribution < -0.4 is 5.56 Å². The first-order chi connectivity index (χ1) is 13.2. The molecule has 1 atom stereocenters. The third-order valence-corrected chi connectivity index (χ3v) is 5.89. The molecule has 0 fully saturated rings. The predicted molar refractivity (Wildman–Crippen MR) is 112 cm³/mol. The minimum absolute atomic E-state index is 0.0565. The Kier molecular flexibility index (Phi) is 5.28. The van der Waals surface area contributed by atoms with Crippen LogP contribution in [0.5, 0.6) is 0 Å². The van der Waals surface area contributed by atoms with Crippen LogP contribution in [0.1, 0.15) is 22.1 Å². The molecule has 0 saturated heterocycles. The third kappa shape index (κ3) is 4.07. The third-order valence-electron chi connectivity index (χ3n) is 4.30. The van der Waals surface area contributed by atoms with Gasteiger partial charge in [-0.1, -0.05) is 60.1 Å². The van der Waals surface area contributed by atoms with Gasteiger partial charge in [0.1, 0.15) is 5.65 Å². The summed E-state index contributed by atoms with van der Waals surface area (Å²) in [4.78, 5) is 17.0. The van der Waals surface area contributed by atoms with Crippen LogP contribution in [-0.4, -0.2) is 9.38 Å². The van der Waals surface area contributed by atoms with Gasteiger partial charge in [-0.2, -0.15) is 0 Å². The maximum Gasteiger partial charge on any atom is 0.258 e. The molecule has 0 aliphatic carbocycles. The number of fused-ring (bicyclic) bond motifs is 1. The first-order valence-electron chi connectivity index (χ1n) is 8.60. The molecule has 27 heavy (non-hydrogen) atoms. The predicted octanol–water partition coefficient (Wildman–Crippen LogP) is 5.37. The van der Waals surface area contributed by atoms with E-state index >= 15 is 0 Å². The Bertz CT molecular complexity index is 1110. The highest BCUT2D eigenvalue weighted by Gasteiger charge is 2.15. The average Bonchev–Trinajstić information content (AvgIpc) is 2.70. The Morgan fingerprint density at radius 3 is 2.41 bits per heavy atom. The molecule has 2 aromatic heterocycles. The molecule has 0 radical (unpaired) electrons. The van der Waals surface area contributed by atoms with Gasteiger partial charge in [0.05, 0.1) is 10.9 Å². The molecule has 0 N–H and O–H groups in total. The van der Waals surface area contributed by atoms with Crippen LogP contribution in [0.4, 0.5) is 0 Å². The molecule has 2 aromatic carbocycles. The van der Waals surface area contributed by atoms with E-state index in [1.165, 1.54) is 11.1 Å². The zero-order chi connectivity index (χ0) is 18.6. The second-order valence-electron chi connectivity index (χ2n) is 6.17. The second kappa shape index (κ2) is 7.99. The second-order valence-corrected chi connectivity index (χ2v) is 7.70. The summed E-state index contributed by atoms with van der Waals surface area (Å²) in [6.45, 7) is 0. The van der Waals surface area contributed by atoms with E-state index in [0.29, 0.717) is 11.4 Å². The Labute approximate surface area is 166 Å². The van der Waals surface area contributed by atoms with E-state index in [1.807, 2.05) is 48.5 Å². The van der Waals surface area contributed by atoms with Gasteiger partial charge >= 0.3 is 0 Å². The Morgan fingerprint density at radius 1 is 0.926 bits per heavy atom. The van der Waals surface area contributed by atoms with Crippen molar-refractivity contribution < 1.29 is 0 Å². The highest BCUT2D eigenvalue weighted by molar-refractivity contribution is 7.98. The molecule has 0 amide bonds. The number of aromatic nitrogens is 2. The summed E-state index contributed by atoms with van der Waals surface area (Å²) in [6, 6.07) is 25.4. The summed E-state index contributed by atoms with van der Waals surface area (Å²) in [5, 5.41) is 0.860. The molecule has 4 rings (SSSR count). The van der Waals surface area contributed by atoms with E-state index in [9.17, 15) is 4.79 Å². The first kappa shape index (κ1) is 17.8. The molecule has 1 unspecified atom stereocenters. The van der Waals surface area contributed by atoms with Crippen molar-refractivity contribution in [2.24, 2.45) is 0 Å². The fourth-order valence-corrected chi connectivity index (χ4v) is 4.31. The van der Waals surface area contributed by atoms with Gasteiger partial charge in [0, 0.05) is 23.0 Å². The van der Waals surface area contributed by atoms with Crippen molar-refractivity contribution >= 4 is 29.0 Å². The van der Waals surface area contributed by atoms with E-state index in [2.05, 4.69) is 29.2 Å². The average molecular weight is 393 g/mol. The first-order valence-corrected chi connectivity index (χ1v) is 10.0. The van der Waals surface area contributed by atoms with Crippen LogP contribution in [-0.2, 0) is 5.75 Å². The molecule has 2 heterocycles. The fourth-order valence-electron chi connectivity index (χ4n) is 3.00. The topological polar surface area (TPSA) is 34.4 Å². The molecule has 0 aliphatic heterocycles. The van der Waals surface area contributed by atoms with Crippen LogP contribution >= 0.6 is 23.4 Å². The largest absolute Gasteiger partial charge is 0.269 e. The molecule has 5 heteroatoms. The summed E-state index contributed by atoms with van der Waals surface area (Å²) in [5.74, 6) is 0.642. The molecule has 0 bridgehead atoms. The van der Waals surface area contributed by atoms with Crippen molar-refractivity contribution in [3.05, 3.63) is 117 Å². The smallest absolute Gasteiger partial charge is 0.258 e. The summed E-state index contributed by atoms with van der Waals surface area (Å²) >= 11 is 7.80. The number of thioether (sulfide) groups is 1. The van der Waals surface area contributed by atoms with E-state index in [0.717, 1.165) is 10.7 Å². The van der Waals surface area contributed by atoms with E-state index < -0.39 is 0 Å². The SMILES string of the molecule is O=c1cc(CSC(c2ccccc2)c2ccc(Cl)cc2)nc2ccccn12. The van der Waals surface area contributed by atoms with Crippen molar-refractivity contribution in [2.45, 2.75) is 11.0 Å². The van der Waals surface area contributed by atoms with E-state index in [-0.39, 0.29) is 10.8 Å². The van der Waals surface area contributed by atoms with Gasteiger partial charge in [-0.3, -0.25) is 9.20 Å². The van der Waals surface area contributed by atoms with Crippen LogP contribution in [0.2, 0.25) is 5.02 Å². The Morgan fingerprint density at radius 2 is 1.63 bits per heavy atom. The van der Waals surface area contributed by atoms with Crippen molar-refractivity contribution in [3.63, 3.8) is 0 Å². The monoisotopic (exact) mass is 392 g/mol. The zero-order valence-electron chi connectivity index (χ0n) is 14.5. The molecule has 3 nitrogen and oxygen atoms in total. The molecular weight excluding hydrogens is 376 g/mol. The number of pyridine rings is 1. The lowest BCUT2D eigenvalue weighted by Crippen LogP contribution is -2.14. The van der Waals surface area contributed by atoms with E-state index in [1.54, 1.807) is 28.4 Å². The zero-order valence-corrected chi connectivity index (χ0v) is 16.0. The minimum atomic E-state index is -0.0565. The van der Waals surface area contributed by atoms with Crippen LogP contribution in [0.25, 0.3) is 5.65 Å². The Balaban J connectivity index is 1.64. The standard InChI is InChI=1S/C22H17ClN2OS/c23-18-11-9-17(10-12-18)22(16-6-2-1-3-7-16)27-15-19-14-21(26)25-13-5-4-8-20(25)24-19/h1-14,22H,15H2. The van der Waals surface area contributed by atoms with Gasteiger partial charge in [0.2, 0.25) is 0 Å². The van der Waals surface area contributed by atoms with E-state index in [4.69, 9.17) is 11.6 Å². The van der Waals surface area contributed by atoms with Gasteiger partial charge in [-0.25, -0.2) is 4.98 Å².